The number of benzene rings is 2. The minimum absolute atomic E-state index is 0.173. The van der Waals surface area contributed by atoms with E-state index in [9.17, 15) is 14.4 Å². The van der Waals surface area contributed by atoms with Gasteiger partial charge >= 0.3 is 0 Å². The average molecular weight is 447 g/mol. The molecule has 2 fully saturated rings. The minimum atomic E-state index is -0.458. The van der Waals surface area contributed by atoms with Gasteiger partial charge in [-0.2, -0.15) is 0 Å². The molecular formula is C22H20Cl2N2O4. The third-order valence-corrected chi connectivity index (χ3v) is 6.25. The number of fused-ring (bicyclic) bond motifs is 1. The SMILES string of the molecule is COc1ccc(N2C(=O)[C@H]3CCCC[C@@H]3C2=O)cc1NC(=O)c1ccc(Cl)cc1Cl. The normalized spacial score (nSPS) is 20.8. The van der Waals surface area contributed by atoms with Crippen molar-refractivity contribution in [3.63, 3.8) is 0 Å². The maximum Gasteiger partial charge on any atom is 0.257 e. The molecule has 1 heterocycles. The van der Waals surface area contributed by atoms with Gasteiger partial charge in [-0.25, -0.2) is 4.90 Å². The second-order valence-corrected chi connectivity index (χ2v) is 8.32. The first-order valence-corrected chi connectivity index (χ1v) is 10.5. The van der Waals surface area contributed by atoms with Crippen molar-refractivity contribution in [3.8, 4) is 5.75 Å². The molecule has 30 heavy (non-hydrogen) atoms. The summed E-state index contributed by atoms with van der Waals surface area (Å²) in [6.07, 6.45) is 3.39. The van der Waals surface area contributed by atoms with E-state index in [0.717, 1.165) is 25.7 Å². The zero-order valence-electron chi connectivity index (χ0n) is 16.3. The number of hydrogen-bond donors (Lipinski definition) is 1. The summed E-state index contributed by atoms with van der Waals surface area (Å²) in [5.74, 6) is -0.909. The van der Waals surface area contributed by atoms with Gasteiger partial charge in [-0.3, -0.25) is 14.4 Å². The molecule has 1 N–H and O–H groups in total. The van der Waals surface area contributed by atoms with Crippen LogP contribution >= 0.6 is 23.2 Å². The first kappa shape index (κ1) is 20.7. The highest BCUT2D eigenvalue weighted by molar-refractivity contribution is 6.37. The number of carbonyl (C=O) groups is 3. The molecule has 2 aromatic rings. The Bertz CT molecular complexity index is 1020. The van der Waals surface area contributed by atoms with Crippen LogP contribution in [0.4, 0.5) is 11.4 Å². The van der Waals surface area contributed by atoms with Gasteiger partial charge < -0.3 is 10.1 Å². The van der Waals surface area contributed by atoms with E-state index < -0.39 is 5.91 Å². The van der Waals surface area contributed by atoms with Crippen LogP contribution < -0.4 is 15.0 Å². The number of halogens is 2. The van der Waals surface area contributed by atoms with E-state index in [1.807, 2.05) is 0 Å². The molecule has 1 saturated carbocycles. The summed E-state index contributed by atoms with van der Waals surface area (Å²) in [4.78, 5) is 39.8. The molecule has 0 aromatic heterocycles. The van der Waals surface area contributed by atoms with Crippen molar-refractivity contribution in [2.75, 3.05) is 17.3 Å². The van der Waals surface area contributed by atoms with Crippen molar-refractivity contribution in [1.29, 1.82) is 0 Å². The van der Waals surface area contributed by atoms with Crippen molar-refractivity contribution in [3.05, 3.63) is 52.0 Å². The van der Waals surface area contributed by atoms with Crippen LogP contribution in [-0.4, -0.2) is 24.8 Å². The molecule has 1 aliphatic carbocycles. The number of nitrogens with one attached hydrogen (secondary N) is 1. The molecule has 156 valence electrons. The van der Waals surface area contributed by atoms with Crippen LogP contribution in [0.25, 0.3) is 0 Å². The summed E-state index contributed by atoms with van der Waals surface area (Å²) in [6.45, 7) is 0. The standard InChI is InChI=1S/C22H20Cl2N2O4/c1-30-19-9-7-13(26-21(28)14-4-2-3-5-15(14)22(26)29)11-18(19)25-20(27)16-8-6-12(23)10-17(16)24/h6-11,14-15H,2-5H2,1H3,(H,25,27)/t14-,15-/m0/s1. The average Bonchev–Trinajstić information content (AvgIpc) is 2.98. The lowest BCUT2D eigenvalue weighted by Crippen LogP contribution is -2.31. The van der Waals surface area contributed by atoms with Crippen LogP contribution in [0.2, 0.25) is 10.0 Å². The van der Waals surface area contributed by atoms with Gasteiger partial charge in [0.2, 0.25) is 11.8 Å². The van der Waals surface area contributed by atoms with Crippen LogP contribution in [0.3, 0.4) is 0 Å². The Morgan fingerprint density at radius 2 is 1.70 bits per heavy atom. The van der Waals surface area contributed by atoms with E-state index in [-0.39, 0.29) is 34.2 Å². The monoisotopic (exact) mass is 446 g/mol. The molecule has 0 bridgehead atoms. The zero-order valence-corrected chi connectivity index (χ0v) is 17.8. The van der Waals surface area contributed by atoms with Gasteiger partial charge in [0.15, 0.2) is 0 Å². The number of anilines is 2. The minimum Gasteiger partial charge on any atom is -0.495 e. The maximum absolute atomic E-state index is 12.9. The Balaban J connectivity index is 1.65. The van der Waals surface area contributed by atoms with E-state index in [1.165, 1.54) is 24.1 Å². The Kier molecular flexibility index (Phi) is 5.71. The predicted octanol–water partition coefficient (Wildman–Crippen LogP) is 4.93. The van der Waals surface area contributed by atoms with Crippen LogP contribution in [0.15, 0.2) is 36.4 Å². The summed E-state index contributed by atoms with van der Waals surface area (Å²) in [5, 5.41) is 3.39. The Hall–Kier alpha value is -2.57. The fraction of sp³-hybridized carbons (Fsp3) is 0.318. The molecule has 2 aliphatic rings. The summed E-state index contributed by atoms with van der Waals surface area (Å²) in [5.41, 5.74) is 0.993. The van der Waals surface area contributed by atoms with Crippen molar-refractivity contribution in [1.82, 2.24) is 0 Å². The van der Waals surface area contributed by atoms with E-state index in [1.54, 1.807) is 24.3 Å². The highest BCUT2D eigenvalue weighted by atomic mass is 35.5. The molecule has 6 nitrogen and oxygen atoms in total. The molecule has 4 rings (SSSR count). The van der Waals surface area contributed by atoms with Crippen LogP contribution in [0.5, 0.6) is 5.75 Å². The van der Waals surface area contributed by atoms with Gasteiger partial charge in [0.1, 0.15) is 5.75 Å². The largest absolute Gasteiger partial charge is 0.495 e. The first-order valence-electron chi connectivity index (χ1n) is 9.73. The molecular weight excluding hydrogens is 427 g/mol. The van der Waals surface area contributed by atoms with E-state index >= 15 is 0 Å². The quantitative estimate of drug-likeness (QED) is 0.675. The molecule has 1 aliphatic heterocycles. The summed E-state index contributed by atoms with van der Waals surface area (Å²) in [6, 6.07) is 9.42. The van der Waals surface area contributed by atoms with Gasteiger partial charge in [-0.15, -0.1) is 0 Å². The van der Waals surface area contributed by atoms with Crippen LogP contribution in [0, 0.1) is 11.8 Å². The molecule has 2 atom stereocenters. The lowest BCUT2D eigenvalue weighted by molar-refractivity contribution is -0.122. The van der Waals surface area contributed by atoms with Gasteiger partial charge in [0.05, 0.1) is 40.9 Å². The highest BCUT2D eigenvalue weighted by Gasteiger charge is 2.48. The number of nitrogens with zero attached hydrogens (tertiary/aromatic N) is 1. The summed E-state index contributed by atoms with van der Waals surface area (Å²) < 4.78 is 5.34. The van der Waals surface area contributed by atoms with E-state index in [0.29, 0.717) is 22.1 Å². The van der Waals surface area contributed by atoms with Crippen molar-refractivity contribution in [2.24, 2.45) is 11.8 Å². The topological polar surface area (TPSA) is 75.7 Å². The third kappa shape index (κ3) is 3.66. The van der Waals surface area contributed by atoms with Crippen molar-refractivity contribution in [2.45, 2.75) is 25.7 Å². The van der Waals surface area contributed by atoms with Gasteiger partial charge in [-0.1, -0.05) is 36.0 Å². The van der Waals surface area contributed by atoms with E-state index in [4.69, 9.17) is 27.9 Å². The molecule has 1 saturated heterocycles. The molecule has 8 heteroatoms. The fourth-order valence-electron chi connectivity index (χ4n) is 4.21. The summed E-state index contributed by atoms with van der Waals surface area (Å²) in [7, 11) is 1.47. The summed E-state index contributed by atoms with van der Waals surface area (Å²) >= 11 is 12.0. The van der Waals surface area contributed by atoms with Gasteiger partial charge in [0.25, 0.3) is 5.91 Å². The molecule has 3 amide bonds. The number of amides is 3. The second kappa shape index (κ2) is 8.28. The zero-order chi connectivity index (χ0) is 21.4. The van der Waals surface area contributed by atoms with E-state index in [2.05, 4.69) is 5.32 Å². The smallest absolute Gasteiger partial charge is 0.257 e. The van der Waals surface area contributed by atoms with Gasteiger partial charge in [0, 0.05) is 5.02 Å². The Morgan fingerprint density at radius 1 is 1.03 bits per heavy atom. The maximum atomic E-state index is 12.9. The van der Waals surface area contributed by atoms with Crippen LogP contribution in [0.1, 0.15) is 36.0 Å². The Labute approximate surface area is 184 Å². The number of rotatable bonds is 4. The third-order valence-electron chi connectivity index (χ3n) is 5.71. The Morgan fingerprint density at radius 3 is 2.30 bits per heavy atom. The predicted molar refractivity (Wildman–Crippen MR) is 115 cm³/mol. The molecule has 0 unspecified atom stereocenters. The molecule has 0 radical (unpaired) electrons. The van der Waals surface area contributed by atoms with Crippen LogP contribution in [-0.2, 0) is 9.59 Å². The first-order chi connectivity index (χ1) is 14.4. The van der Waals surface area contributed by atoms with Crippen molar-refractivity contribution < 1.29 is 19.1 Å². The van der Waals surface area contributed by atoms with Crippen molar-refractivity contribution >= 4 is 52.3 Å². The lowest BCUT2D eigenvalue weighted by atomic mass is 9.81. The fourth-order valence-corrected chi connectivity index (χ4v) is 4.71. The number of hydrogen-bond acceptors (Lipinski definition) is 4. The highest BCUT2D eigenvalue weighted by Crippen LogP contribution is 2.41. The molecule has 0 spiro atoms. The number of methoxy groups -OCH3 is 1. The number of imide groups is 1. The lowest BCUT2D eigenvalue weighted by Gasteiger charge is -2.19. The number of carbonyl (C=O) groups excluding carboxylic acids is 3. The number of ether oxygens (including phenoxy) is 1. The molecule has 2 aromatic carbocycles. The second-order valence-electron chi connectivity index (χ2n) is 7.47. The van der Waals surface area contributed by atoms with Gasteiger partial charge in [-0.05, 0) is 49.2 Å².